The number of urea groups is 1. The predicted octanol–water partition coefficient (Wildman–Crippen LogP) is 1.32. The molecule has 3 heteroatoms. The van der Waals surface area contributed by atoms with Crippen molar-refractivity contribution in [1.29, 1.82) is 0 Å². The van der Waals surface area contributed by atoms with Crippen molar-refractivity contribution in [2.24, 2.45) is 5.92 Å². The van der Waals surface area contributed by atoms with Crippen molar-refractivity contribution in [3.8, 4) is 0 Å². The van der Waals surface area contributed by atoms with Gasteiger partial charge in [0.15, 0.2) is 0 Å². The topological polar surface area (TPSA) is 34.4 Å². The standard InChI is InChI=1S/C8H17N2O/c1-7(2)5-6-9-8(11)10(3)4/h7H,5-6H2,1-4H3. The smallest absolute Gasteiger partial charge is 0.329 e. The van der Waals surface area contributed by atoms with E-state index in [1.54, 1.807) is 14.1 Å². The van der Waals surface area contributed by atoms with Gasteiger partial charge in [-0.2, -0.15) is 0 Å². The summed E-state index contributed by atoms with van der Waals surface area (Å²) in [5.74, 6) is 0.619. The molecule has 0 aliphatic heterocycles. The van der Waals surface area contributed by atoms with Crippen LogP contribution >= 0.6 is 0 Å². The van der Waals surface area contributed by atoms with Gasteiger partial charge in [-0.15, -0.1) is 0 Å². The molecule has 0 N–H and O–H groups in total. The van der Waals surface area contributed by atoms with Gasteiger partial charge < -0.3 is 4.90 Å². The molecule has 0 saturated heterocycles. The van der Waals surface area contributed by atoms with E-state index in [1.165, 1.54) is 4.90 Å². The summed E-state index contributed by atoms with van der Waals surface area (Å²) in [6, 6.07) is -0.134. The van der Waals surface area contributed by atoms with Crippen LogP contribution in [0.5, 0.6) is 0 Å². The van der Waals surface area contributed by atoms with Crippen LogP contribution in [0.15, 0.2) is 0 Å². The first-order valence-electron chi connectivity index (χ1n) is 3.92. The van der Waals surface area contributed by atoms with Crippen LogP contribution in [0, 0.1) is 5.92 Å². The summed E-state index contributed by atoms with van der Waals surface area (Å²) in [6.45, 7) is 4.89. The van der Waals surface area contributed by atoms with Gasteiger partial charge in [0.05, 0.1) is 0 Å². The maximum atomic E-state index is 10.9. The summed E-state index contributed by atoms with van der Waals surface area (Å²) in [6.07, 6.45) is 0.986. The molecular formula is C8H17N2O. The zero-order valence-corrected chi connectivity index (χ0v) is 7.79. The normalized spacial score (nSPS) is 9.91. The zero-order valence-electron chi connectivity index (χ0n) is 7.79. The quantitative estimate of drug-likeness (QED) is 0.608. The van der Waals surface area contributed by atoms with Gasteiger partial charge in [0.2, 0.25) is 0 Å². The van der Waals surface area contributed by atoms with E-state index in [9.17, 15) is 4.79 Å². The van der Waals surface area contributed by atoms with Crippen molar-refractivity contribution in [2.45, 2.75) is 20.3 Å². The largest absolute Gasteiger partial charge is 0.338 e. The number of amides is 2. The maximum Gasteiger partial charge on any atom is 0.338 e. The Kier molecular flexibility index (Phi) is 4.66. The highest BCUT2D eigenvalue weighted by molar-refractivity contribution is 5.73. The van der Waals surface area contributed by atoms with E-state index >= 15 is 0 Å². The molecule has 2 amide bonds. The summed E-state index contributed by atoms with van der Waals surface area (Å²) < 4.78 is 0. The molecule has 0 unspecified atom stereocenters. The second kappa shape index (κ2) is 4.99. The highest BCUT2D eigenvalue weighted by Crippen LogP contribution is 1.97. The summed E-state index contributed by atoms with van der Waals surface area (Å²) in [5, 5.41) is 3.85. The molecule has 0 rings (SSSR count). The molecule has 11 heavy (non-hydrogen) atoms. The Morgan fingerprint density at radius 3 is 2.36 bits per heavy atom. The lowest BCUT2D eigenvalue weighted by atomic mass is 10.1. The first-order valence-corrected chi connectivity index (χ1v) is 3.92. The van der Waals surface area contributed by atoms with Crippen LogP contribution in [0.25, 0.3) is 0 Å². The second-order valence-corrected chi connectivity index (χ2v) is 3.24. The molecule has 3 nitrogen and oxygen atoms in total. The molecular weight excluding hydrogens is 140 g/mol. The number of hydrogen-bond donors (Lipinski definition) is 0. The Bertz CT molecular complexity index is 121. The van der Waals surface area contributed by atoms with Crippen LogP contribution in [0.4, 0.5) is 4.79 Å². The fourth-order valence-electron chi connectivity index (χ4n) is 0.560. The van der Waals surface area contributed by atoms with Gasteiger partial charge in [-0.1, -0.05) is 13.8 Å². The van der Waals surface area contributed by atoms with Gasteiger partial charge in [-0.25, -0.2) is 10.1 Å². The van der Waals surface area contributed by atoms with E-state index < -0.39 is 0 Å². The third-order valence-corrected chi connectivity index (χ3v) is 1.34. The minimum absolute atomic E-state index is 0.134. The molecule has 0 aromatic carbocycles. The lowest BCUT2D eigenvalue weighted by Crippen LogP contribution is -2.30. The summed E-state index contributed by atoms with van der Waals surface area (Å²) in [5.41, 5.74) is 0. The van der Waals surface area contributed by atoms with E-state index in [0.29, 0.717) is 12.5 Å². The molecule has 1 radical (unpaired) electrons. The highest BCUT2D eigenvalue weighted by Gasteiger charge is 2.03. The SMILES string of the molecule is CC(C)CC[N]C(=O)N(C)C. The first-order chi connectivity index (χ1) is 5.04. The van der Waals surface area contributed by atoms with Gasteiger partial charge in [0.25, 0.3) is 0 Å². The van der Waals surface area contributed by atoms with Gasteiger partial charge in [0, 0.05) is 20.6 Å². The van der Waals surface area contributed by atoms with Crippen molar-refractivity contribution in [2.75, 3.05) is 20.6 Å². The molecule has 0 saturated carbocycles. The van der Waals surface area contributed by atoms with E-state index in [4.69, 9.17) is 0 Å². The number of rotatable bonds is 3. The summed E-state index contributed by atoms with van der Waals surface area (Å²) in [7, 11) is 3.42. The van der Waals surface area contributed by atoms with Crippen LogP contribution < -0.4 is 5.32 Å². The average molecular weight is 157 g/mol. The fourth-order valence-corrected chi connectivity index (χ4v) is 0.560. The Balaban J connectivity index is 3.32. The third-order valence-electron chi connectivity index (χ3n) is 1.34. The predicted molar refractivity (Wildman–Crippen MR) is 45.5 cm³/mol. The molecule has 0 aromatic rings. The minimum Gasteiger partial charge on any atom is -0.329 e. The van der Waals surface area contributed by atoms with Crippen LogP contribution in [0.2, 0.25) is 0 Å². The molecule has 0 aliphatic carbocycles. The molecule has 0 aromatic heterocycles. The van der Waals surface area contributed by atoms with Crippen molar-refractivity contribution in [3.63, 3.8) is 0 Å². The van der Waals surface area contributed by atoms with E-state index in [-0.39, 0.29) is 6.03 Å². The molecule has 0 spiro atoms. The summed E-state index contributed by atoms with van der Waals surface area (Å²) >= 11 is 0. The van der Waals surface area contributed by atoms with Crippen molar-refractivity contribution in [1.82, 2.24) is 10.2 Å². The number of carbonyl (C=O) groups is 1. The van der Waals surface area contributed by atoms with Crippen molar-refractivity contribution < 1.29 is 4.79 Å². The monoisotopic (exact) mass is 157 g/mol. The molecule has 0 heterocycles. The van der Waals surface area contributed by atoms with Crippen LogP contribution in [-0.2, 0) is 0 Å². The van der Waals surface area contributed by atoms with Gasteiger partial charge in [-0.05, 0) is 12.3 Å². The van der Waals surface area contributed by atoms with E-state index in [0.717, 1.165) is 6.42 Å². The number of nitrogens with zero attached hydrogens (tertiary/aromatic N) is 2. The van der Waals surface area contributed by atoms with Gasteiger partial charge in [0.1, 0.15) is 0 Å². The lowest BCUT2D eigenvalue weighted by molar-refractivity contribution is 0.216. The van der Waals surface area contributed by atoms with Crippen LogP contribution in [0.3, 0.4) is 0 Å². The van der Waals surface area contributed by atoms with Crippen molar-refractivity contribution in [3.05, 3.63) is 0 Å². The lowest BCUT2D eigenvalue weighted by Gasteiger charge is -2.09. The van der Waals surface area contributed by atoms with Crippen LogP contribution in [0.1, 0.15) is 20.3 Å². The fraction of sp³-hybridized carbons (Fsp3) is 0.875. The molecule has 65 valence electrons. The van der Waals surface area contributed by atoms with Gasteiger partial charge in [-0.3, -0.25) is 0 Å². The molecule has 0 aliphatic rings. The van der Waals surface area contributed by atoms with Gasteiger partial charge >= 0.3 is 6.03 Å². The highest BCUT2D eigenvalue weighted by atomic mass is 16.2. The Hall–Kier alpha value is -0.730. The Labute approximate surface area is 68.8 Å². The second-order valence-electron chi connectivity index (χ2n) is 3.24. The first kappa shape index (κ1) is 10.3. The third kappa shape index (κ3) is 5.70. The number of carbonyl (C=O) groups excluding carboxylic acids is 1. The Morgan fingerprint density at radius 2 is 2.00 bits per heavy atom. The molecule has 0 bridgehead atoms. The summed E-state index contributed by atoms with van der Waals surface area (Å²) in [4.78, 5) is 12.4. The molecule has 0 fully saturated rings. The zero-order chi connectivity index (χ0) is 8.85. The minimum atomic E-state index is -0.134. The van der Waals surface area contributed by atoms with E-state index in [2.05, 4.69) is 19.2 Å². The molecule has 0 atom stereocenters. The van der Waals surface area contributed by atoms with Crippen molar-refractivity contribution >= 4 is 6.03 Å². The van der Waals surface area contributed by atoms with E-state index in [1.807, 2.05) is 0 Å². The average Bonchev–Trinajstić information content (AvgIpc) is 1.86. The van der Waals surface area contributed by atoms with Crippen LogP contribution in [-0.4, -0.2) is 31.6 Å². The number of hydrogen-bond acceptors (Lipinski definition) is 1. The maximum absolute atomic E-state index is 10.9. The Morgan fingerprint density at radius 1 is 1.45 bits per heavy atom.